The highest BCUT2D eigenvalue weighted by Crippen LogP contribution is 2.20. The van der Waals surface area contributed by atoms with Gasteiger partial charge in [0.05, 0.1) is 31.1 Å². The lowest BCUT2D eigenvalue weighted by Gasteiger charge is -2.30. The Morgan fingerprint density at radius 2 is 1.82 bits per heavy atom. The van der Waals surface area contributed by atoms with Crippen molar-refractivity contribution in [2.24, 2.45) is 5.73 Å². The van der Waals surface area contributed by atoms with E-state index in [1.165, 1.54) is 18.2 Å². The summed E-state index contributed by atoms with van der Waals surface area (Å²) in [6.07, 6.45) is 0.231. The lowest BCUT2D eigenvalue weighted by atomic mass is 10.1. The molecule has 1 aromatic heterocycles. The van der Waals surface area contributed by atoms with E-state index in [9.17, 15) is 19.5 Å². The number of carbonyl (C=O) groups excluding carboxylic acids is 3. The van der Waals surface area contributed by atoms with Crippen molar-refractivity contribution in [1.82, 2.24) is 10.0 Å². The minimum atomic E-state index is -1.10. The van der Waals surface area contributed by atoms with Crippen LogP contribution in [0.25, 0.3) is 0 Å². The number of nitrogens with one attached hydrogen (secondary N) is 1. The number of aromatic nitrogens is 1. The fraction of sp³-hybridized carbons (Fsp3) is 0.417. The Kier molecular flexibility index (Phi) is 9.52. The molecule has 0 radical (unpaired) electrons. The van der Waals surface area contributed by atoms with Crippen molar-refractivity contribution in [2.45, 2.75) is 52.2 Å². The highest BCUT2D eigenvalue weighted by atomic mass is 16.7. The number of pyridine rings is 1. The van der Waals surface area contributed by atoms with Crippen LogP contribution in [0.2, 0.25) is 0 Å². The van der Waals surface area contributed by atoms with Crippen molar-refractivity contribution in [3.63, 3.8) is 0 Å². The van der Waals surface area contributed by atoms with E-state index in [1.807, 2.05) is 20.8 Å². The molecule has 4 N–H and O–H groups in total. The minimum Gasteiger partial charge on any atom is -0.492 e. The van der Waals surface area contributed by atoms with Gasteiger partial charge >= 0.3 is 0 Å². The number of primary amides is 1. The molecule has 0 bridgehead atoms. The summed E-state index contributed by atoms with van der Waals surface area (Å²) in [4.78, 5) is 44.8. The highest BCUT2D eigenvalue weighted by Gasteiger charge is 2.25. The van der Waals surface area contributed by atoms with Gasteiger partial charge in [-0.2, -0.15) is 0 Å². The normalized spacial score (nSPS) is 12.0. The molecule has 0 fully saturated rings. The molecule has 0 unspecified atom stereocenters. The molecule has 184 valence electrons. The summed E-state index contributed by atoms with van der Waals surface area (Å²) in [5.41, 5.74) is 5.77. The molecule has 10 heteroatoms. The number of amides is 3. The van der Waals surface area contributed by atoms with Crippen molar-refractivity contribution >= 4 is 23.5 Å². The number of aliphatic hydroxyl groups excluding tert-OH is 1. The summed E-state index contributed by atoms with van der Waals surface area (Å²) in [5, 5.41) is 14.2. The van der Waals surface area contributed by atoms with E-state index < -0.39 is 23.5 Å². The molecule has 2 aromatic rings. The maximum absolute atomic E-state index is 12.9. The van der Waals surface area contributed by atoms with Crippen molar-refractivity contribution in [1.29, 1.82) is 0 Å². The number of hydrogen-bond donors (Lipinski definition) is 3. The van der Waals surface area contributed by atoms with Crippen LogP contribution in [0.5, 0.6) is 5.75 Å². The topological polar surface area (TPSA) is 144 Å². The monoisotopic (exact) mass is 472 g/mol. The quantitative estimate of drug-likeness (QED) is 0.425. The molecule has 0 saturated carbocycles. The number of rotatable bonds is 11. The van der Waals surface area contributed by atoms with Gasteiger partial charge in [-0.05, 0) is 50.1 Å². The number of nitrogens with two attached hydrogens (primary N) is 1. The first kappa shape index (κ1) is 26.7. The Bertz CT molecular complexity index is 970. The molecule has 0 spiro atoms. The maximum Gasteiger partial charge on any atom is 0.249 e. The second kappa shape index (κ2) is 12.1. The van der Waals surface area contributed by atoms with E-state index in [1.54, 1.807) is 36.4 Å². The minimum absolute atomic E-state index is 0.131. The Labute approximate surface area is 199 Å². The molecule has 0 aliphatic rings. The van der Waals surface area contributed by atoms with Crippen LogP contribution in [0.4, 0.5) is 5.82 Å². The summed E-state index contributed by atoms with van der Waals surface area (Å²) in [6, 6.07) is 10.1. The van der Waals surface area contributed by atoms with Gasteiger partial charge in [0.2, 0.25) is 17.7 Å². The predicted molar refractivity (Wildman–Crippen MR) is 126 cm³/mol. The van der Waals surface area contributed by atoms with Gasteiger partial charge in [0.25, 0.3) is 0 Å². The number of ether oxygens (including phenoxy) is 1. The second-order valence-electron chi connectivity index (χ2n) is 8.71. The standard InChI is InChI=1S/C24H32N4O6/c1-16(29)27-22-10-7-18(15-26-22)20(30)14-23(32)28(34-24(2,3)4)11-12-33-19-8-5-17(6-9-19)13-21(25)31/h5-10,15,20,30H,11-14H2,1-4H3,(H2,25,31)(H,26,27,29)/t20-/m1/s1. The summed E-state index contributed by atoms with van der Waals surface area (Å²) in [7, 11) is 0. The SMILES string of the molecule is CC(=O)Nc1ccc([C@H](O)CC(=O)N(CCOc2ccc(CC(N)=O)cc2)OC(C)(C)C)cn1. The van der Waals surface area contributed by atoms with Crippen LogP contribution >= 0.6 is 0 Å². The van der Waals surface area contributed by atoms with Crippen molar-refractivity contribution < 1.29 is 29.1 Å². The number of hydroxylamine groups is 2. The maximum atomic E-state index is 12.9. The van der Waals surface area contributed by atoms with Crippen LogP contribution in [-0.4, -0.2) is 51.6 Å². The number of anilines is 1. The Hall–Kier alpha value is -3.50. The molecule has 1 heterocycles. The summed E-state index contributed by atoms with van der Waals surface area (Å²) < 4.78 is 5.70. The Morgan fingerprint density at radius 1 is 1.15 bits per heavy atom. The Morgan fingerprint density at radius 3 is 2.35 bits per heavy atom. The van der Waals surface area contributed by atoms with E-state index >= 15 is 0 Å². The molecule has 0 saturated heterocycles. The van der Waals surface area contributed by atoms with E-state index in [0.29, 0.717) is 17.1 Å². The fourth-order valence-corrected chi connectivity index (χ4v) is 2.94. The van der Waals surface area contributed by atoms with Crippen LogP contribution in [-0.2, 0) is 25.6 Å². The van der Waals surface area contributed by atoms with E-state index in [-0.39, 0.29) is 31.9 Å². The zero-order chi connectivity index (χ0) is 25.3. The fourth-order valence-electron chi connectivity index (χ4n) is 2.94. The molecule has 3 amide bonds. The second-order valence-corrected chi connectivity index (χ2v) is 8.71. The lowest BCUT2D eigenvalue weighted by molar-refractivity contribution is -0.230. The molecule has 1 atom stereocenters. The zero-order valence-electron chi connectivity index (χ0n) is 19.9. The largest absolute Gasteiger partial charge is 0.492 e. The van der Waals surface area contributed by atoms with Crippen molar-refractivity contribution in [3.8, 4) is 5.75 Å². The third-order valence-electron chi connectivity index (χ3n) is 4.37. The first-order valence-electron chi connectivity index (χ1n) is 10.8. The van der Waals surface area contributed by atoms with Crippen LogP contribution in [0, 0.1) is 0 Å². The molecule has 2 rings (SSSR count). The average molecular weight is 473 g/mol. The van der Waals surface area contributed by atoms with Crippen LogP contribution in [0.1, 0.15) is 51.3 Å². The van der Waals surface area contributed by atoms with Gasteiger partial charge in [0, 0.05) is 13.1 Å². The molecular formula is C24H32N4O6. The van der Waals surface area contributed by atoms with Gasteiger partial charge in [-0.1, -0.05) is 18.2 Å². The number of nitrogens with zero attached hydrogens (tertiary/aromatic N) is 2. The van der Waals surface area contributed by atoms with E-state index in [2.05, 4.69) is 10.3 Å². The van der Waals surface area contributed by atoms with Gasteiger partial charge in [0.1, 0.15) is 18.2 Å². The van der Waals surface area contributed by atoms with Gasteiger partial charge in [-0.15, -0.1) is 0 Å². The third kappa shape index (κ3) is 9.55. The van der Waals surface area contributed by atoms with Gasteiger partial charge < -0.3 is 20.9 Å². The van der Waals surface area contributed by atoms with Crippen LogP contribution in [0.3, 0.4) is 0 Å². The number of carbonyl (C=O) groups is 3. The molecule has 34 heavy (non-hydrogen) atoms. The van der Waals surface area contributed by atoms with Crippen molar-refractivity contribution in [3.05, 3.63) is 53.7 Å². The summed E-state index contributed by atoms with van der Waals surface area (Å²) in [5.74, 6) is -0.165. The summed E-state index contributed by atoms with van der Waals surface area (Å²) in [6.45, 7) is 7.09. The first-order chi connectivity index (χ1) is 15.9. The molecule has 0 aliphatic heterocycles. The highest BCUT2D eigenvalue weighted by molar-refractivity contribution is 5.87. The van der Waals surface area contributed by atoms with E-state index in [4.69, 9.17) is 15.3 Å². The van der Waals surface area contributed by atoms with Crippen LogP contribution < -0.4 is 15.8 Å². The Balaban J connectivity index is 1.96. The molecule has 1 aromatic carbocycles. The van der Waals surface area contributed by atoms with Gasteiger partial charge in [-0.3, -0.25) is 19.2 Å². The number of aliphatic hydroxyl groups is 1. The third-order valence-corrected chi connectivity index (χ3v) is 4.37. The number of benzene rings is 1. The van der Waals surface area contributed by atoms with Crippen molar-refractivity contribution in [2.75, 3.05) is 18.5 Å². The molecule has 10 nitrogen and oxygen atoms in total. The predicted octanol–water partition coefficient (Wildman–Crippen LogP) is 2.13. The summed E-state index contributed by atoms with van der Waals surface area (Å²) >= 11 is 0. The molecule has 0 aliphatic carbocycles. The molecular weight excluding hydrogens is 440 g/mol. The average Bonchev–Trinajstić information content (AvgIpc) is 2.73. The zero-order valence-corrected chi connectivity index (χ0v) is 19.9. The first-order valence-corrected chi connectivity index (χ1v) is 10.8. The smallest absolute Gasteiger partial charge is 0.249 e. The van der Waals surface area contributed by atoms with Gasteiger partial charge in [0.15, 0.2) is 0 Å². The van der Waals surface area contributed by atoms with Crippen LogP contribution in [0.15, 0.2) is 42.6 Å². The lowest BCUT2D eigenvalue weighted by Crippen LogP contribution is -2.41. The number of hydrogen-bond acceptors (Lipinski definition) is 7. The van der Waals surface area contributed by atoms with Gasteiger partial charge in [-0.25, -0.2) is 10.0 Å². The van der Waals surface area contributed by atoms with E-state index in [0.717, 1.165) is 5.56 Å².